The van der Waals surface area contributed by atoms with Crippen molar-refractivity contribution in [3.8, 4) is 0 Å². The number of amides is 1. The minimum Gasteiger partial charge on any atom is -0.354 e. The highest BCUT2D eigenvalue weighted by molar-refractivity contribution is 7.19. The molecule has 5 rings (SSSR count). The maximum atomic E-state index is 12.4. The molecule has 27 heavy (non-hydrogen) atoms. The van der Waals surface area contributed by atoms with Crippen molar-refractivity contribution in [3.63, 3.8) is 0 Å². The van der Waals surface area contributed by atoms with Gasteiger partial charge in [-0.25, -0.2) is 15.0 Å². The molecular weight excluding hydrogens is 360 g/mol. The van der Waals surface area contributed by atoms with E-state index >= 15 is 0 Å². The summed E-state index contributed by atoms with van der Waals surface area (Å²) in [6, 6.07) is 0.0740. The van der Waals surface area contributed by atoms with E-state index in [-0.39, 0.29) is 11.9 Å². The van der Waals surface area contributed by atoms with Gasteiger partial charge in [-0.05, 0) is 37.7 Å². The fourth-order valence-corrected chi connectivity index (χ4v) is 5.34. The van der Waals surface area contributed by atoms with Crippen LogP contribution in [0.2, 0.25) is 0 Å². The molecule has 4 heterocycles. The Bertz CT molecular complexity index is 989. The van der Waals surface area contributed by atoms with Crippen LogP contribution in [0, 0.1) is 0 Å². The molecule has 0 radical (unpaired) electrons. The molecule has 3 aromatic heterocycles. The van der Waals surface area contributed by atoms with Crippen LogP contribution in [0.4, 0.5) is 5.82 Å². The number of thiophene rings is 1. The summed E-state index contributed by atoms with van der Waals surface area (Å²) in [5, 5.41) is 4.34. The Morgan fingerprint density at radius 3 is 3.04 bits per heavy atom. The minimum atomic E-state index is -0.167. The van der Waals surface area contributed by atoms with Crippen molar-refractivity contribution in [2.24, 2.45) is 0 Å². The van der Waals surface area contributed by atoms with E-state index in [1.807, 2.05) is 11.3 Å². The van der Waals surface area contributed by atoms with Gasteiger partial charge in [0, 0.05) is 36.4 Å². The average Bonchev–Trinajstić information content (AvgIpc) is 3.30. The summed E-state index contributed by atoms with van der Waals surface area (Å²) in [7, 11) is 0. The van der Waals surface area contributed by atoms with Gasteiger partial charge in [0.25, 0.3) is 5.91 Å². The molecule has 2 aliphatic rings. The number of carbonyl (C=O) groups excluding carboxylic acids is 1. The van der Waals surface area contributed by atoms with Gasteiger partial charge >= 0.3 is 0 Å². The number of nitrogens with one attached hydrogen (secondary N) is 1. The molecule has 8 heteroatoms. The van der Waals surface area contributed by atoms with Gasteiger partial charge in [-0.15, -0.1) is 11.3 Å². The number of anilines is 1. The fourth-order valence-electron chi connectivity index (χ4n) is 4.11. The fraction of sp³-hybridized carbons (Fsp3) is 0.421. The van der Waals surface area contributed by atoms with E-state index in [0.29, 0.717) is 5.69 Å². The quantitative estimate of drug-likeness (QED) is 0.751. The van der Waals surface area contributed by atoms with Gasteiger partial charge in [-0.1, -0.05) is 0 Å². The van der Waals surface area contributed by atoms with Gasteiger partial charge in [-0.3, -0.25) is 9.78 Å². The molecule has 0 saturated carbocycles. The Morgan fingerprint density at radius 2 is 2.15 bits per heavy atom. The van der Waals surface area contributed by atoms with Crippen LogP contribution in [0.1, 0.15) is 40.2 Å². The molecule has 0 aromatic carbocycles. The Balaban J connectivity index is 1.39. The number of aryl methyl sites for hydroxylation is 2. The third-order valence-electron chi connectivity index (χ3n) is 5.33. The van der Waals surface area contributed by atoms with E-state index in [1.165, 1.54) is 34.6 Å². The van der Waals surface area contributed by atoms with Crippen LogP contribution in [-0.2, 0) is 12.8 Å². The number of hydrogen-bond donors (Lipinski definition) is 1. The Labute approximate surface area is 160 Å². The average molecular weight is 380 g/mol. The SMILES string of the molecule is O=C(NC1CCCN(c2ncnc3sc4c(c23)CCC4)C1)c1cnccn1. The molecular formula is C19H20N6OS. The summed E-state index contributed by atoms with van der Waals surface area (Å²) in [6.07, 6.45) is 11.8. The molecule has 138 valence electrons. The molecule has 1 N–H and O–H groups in total. The van der Waals surface area contributed by atoms with Crippen molar-refractivity contribution in [1.29, 1.82) is 0 Å². The molecule has 1 atom stereocenters. The van der Waals surface area contributed by atoms with Gasteiger partial charge in [-0.2, -0.15) is 0 Å². The predicted octanol–water partition coefficient (Wildman–Crippen LogP) is 2.37. The van der Waals surface area contributed by atoms with Crippen molar-refractivity contribution in [2.45, 2.75) is 38.1 Å². The maximum Gasteiger partial charge on any atom is 0.271 e. The first-order valence-electron chi connectivity index (χ1n) is 9.36. The molecule has 7 nitrogen and oxygen atoms in total. The van der Waals surface area contributed by atoms with E-state index in [1.54, 1.807) is 12.5 Å². The van der Waals surface area contributed by atoms with E-state index in [4.69, 9.17) is 0 Å². The zero-order valence-corrected chi connectivity index (χ0v) is 15.7. The van der Waals surface area contributed by atoms with Crippen LogP contribution < -0.4 is 10.2 Å². The molecule has 1 aliphatic heterocycles. The number of fused-ring (bicyclic) bond motifs is 3. The highest BCUT2D eigenvalue weighted by atomic mass is 32.1. The van der Waals surface area contributed by atoms with Crippen molar-refractivity contribution in [3.05, 3.63) is 41.1 Å². The van der Waals surface area contributed by atoms with Crippen LogP contribution in [-0.4, -0.2) is 45.0 Å². The van der Waals surface area contributed by atoms with Crippen molar-refractivity contribution in [1.82, 2.24) is 25.3 Å². The number of rotatable bonds is 3. The van der Waals surface area contributed by atoms with Gasteiger partial charge in [0.1, 0.15) is 22.7 Å². The third kappa shape index (κ3) is 3.03. The number of nitrogens with zero attached hydrogens (tertiary/aromatic N) is 5. The first-order valence-corrected chi connectivity index (χ1v) is 10.2. The number of hydrogen-bond acceptors (Lipinski definition) is 7. The smallest absolute Gasteiger partial charge is 0.271 e. The molecule has 1 aliphatic carbocycles. The Kier molecular flexibility index (Phi) is 4.20. The van der Waals surface area contributed by atoms with Crippen molar-refractivity contribution < 1.29 is 4.79 Å². The van der Waals surface area contributed by atoms with Crippen LogP contribution >= 0.6 is 11.3 Å². The lowest BCUT2D eigenvalue weighted by atomic mass is 10.0. The summed E-state index contributed by atoms with van der Waals surface area (Å²) in [5.74, 6) is 0.858. The lowest BCUT2D eigenvalue weighted by Gasteiger charge is -2.34. The number of aromatic nitrogens is 4. The lowest BCUT2D eigenvalue weighted by Crippen LogP contribution is -2.48. The zero-order chi connectivity index (χ0) is 18.2. The van der Waals surface area contributed by atoms with E-state index in [2.05, 4.69) is 30.2 Å². The van der Waals surface area contributed by atoms with Crippen LogP contribution in [0.15, 0.2) is 24.9 Å². The highest BCUT2D eigenvalue weighted by Gasteiger charge is 2.27. The Morgan fingerprint density at radius 1 is 1.19 bits per heavy atom. The third-order valence-corrected chi connectivity index (χ3v) is 6.53. The largest absolute Gasteiger partial charge is 0.354 e. The second kappa shape index (κ2) is 6.84. The van der Waals surface area contributed by atoms with Gasteiger partial charge < -0.3 is 10.2 Å². The van der Waals surface area contributed by atoms with Crippen LogP contribution in [0.25, 0.3) is 10.2 Å². The summed E-state index contributed by atoms with van der Waals surface area (Å²) < 4.78 is 0. The topological polar surface area (TPSA) is 83.9 Å². The van der Waals surface area contributed by atoms with Crippen LogP contribution in [0.5, 0.6) is 0 Å². The van der Waals surface area contributed by atoms with Gasteiger partial charge in [0.05, 0.1) is 11.6 Å². The summed E-state index contributed by atoms with van der Waals surface area (Å²) in [5.41, 5.74) is 1.80. The van der Waals surface area contributed by atoms with Gasteiger partial charge in [0.2, 0.25) is 0 Å². The zero-order valence-electron chi connectivity index (χ0n) is 14.9. The minimum absolute atomic E-state index is 0.0740. The van der Waals surface area contributed by atoms with Crippen LogP contribution in [0.3, 0.4) is 0 Å². The number of carbonyl (C=O) groups is 1. The summed E-state index contributed by atoms with van der Waals surface area (Å²) in [4.78, 5) is 34.5. The molecule has 0 bridgehead atoms. The molecule has 0 spiro atoms. The second-order valence-electron chi connectivity index (χ2n) is 7.08. The first-order chi connectivity index (χ1) is 13.3. The lowest BCUT2D eigenvalue weighted by molar-refractivity contribution is 0.0927. The highest BCUT2D eigenvalue weighted by Crippen LogP contribution is 2.40. The molecule has 1 amide bonds. The summed E-state index contributed by atoms with van der Waals surface area (Å²) in [6.45, 7) is 1.71. The summed E-state index contributed by atoms with van der Waals surface area (Å²) >= 11 is 1.81. The standard InChI is InChI=1S/C19H20N6OS/c26-18(14-9-20-6-7-21-14)24-12-3-2-8-25(10-12)17-16-13-4-1-5-15(13)27-19(16)23-11-22-17/h6-7,9,11-12H,1-5,8,10H2,(H,24,26). The molecule has 1 fully saturated rings. The number of piperidine rings is 1. The maximum absolute atomic E-state index is 12.4. The Hall–Kier alpha value is -2.61. The second-order valence-corrected chi connectivity index (χ2v) is 8.17. The first kappa shape index (κ1) is 16.6. The monoisotopic (exact) mass is 380 g/mol. The van der Waals surface area contributed by atoms with Crippen molar-refractivity contribution >= 4 is 33.3 Å². The predicted molar refractivity (Wildman–Crippen MR) is 104 cm³/mol. The molecule has 1 saturated heterocycles. The van der Waals surface area contributed by atoms with E-state index in [0.717, 1.165) is 49.4 Å². The molecule has 1 unspecified atom stereocenters. The van der Waals surface area contributed by atoms with E-state index in [9.17, 15) is 4.79 Å². The molecule has 3 aromatic rings. The van der Waals surface area contributed by atoms with Gasteiger partial charge in [0.15, 0.2) is 0 Å². The van der Waals surface area contributed by atoms with E-state index < -0.39 is 0 Å². The van der Waals surface area contributed by atoms with Crippen molar-refractivity contribution in [2.75, 3.05) is 18.0 Å². The normalized spacial score (nSPS) is 19.3.